The van der Waals surface area contributed by atoms with Crippen LogP contribution in [-0.4, -0.2) is 59.7 Å². The predicted octanol–water partition coefficient (Wildman–Crippen LogP) is 2.61. The summed E-state index contributed by atoms with van der Waals surface area (Å²) in [5.41, 5.74) is 1.01. The first kappa shape index (κ1) is 19.0. The largest absolute Gasteiger partial charge is 0.344 e. The molecule has 0 atom stereocenters. The fourth-order valence-corrected chi connectivity index (χ4v) is 5.28. The van der Waals surface area contributed by atoms with Crippen molar-refractivity contribution >= 4 is 42.9 Å². The standard InChI is InChI=1S/C18H16BrFN4O3S/c19-12-2-1-3-14(8-12)28(26,27)24-6-4-23(5-7-24)18(25)15-9-13(20)10-16-17(15)22-11-21-16/h1-3,8-11H,4-7H2,(H,21,22). The van der Waals surface area contributed by atoms with Crippen LogP contribution in [0.25, 0.3) is 11.0 Å². The van der Waals surface area contributed by atoms with Gasteiger partial charge in [0.1, 0.15) is 11.3 Å². The molecular weight excluding hydrogens is 451 g/mol. The van der Waals surface area contributed by atoms with Gasteiger partial charge in [0.05, 0.1) is 22.3 Å². The number of aromatic amines is 1. The highest BCUT2D eigenvalue weighted by Gasteiger charge is 2.31. The third-order valence-electron chi connectivity index (χ3n) is 4.68. The minimum Gasteiger partial charge on any atom is -0.344 e. The van der Waals surface area contributed by atoms with Gasteiger partial charge in [0.25, 0.3) is 5.91 Å². The van der Waals surface area contributed by atoms with Gasteiger partial charge in [-0.1, -0.05) is 22.0 Å². The molecule has 2 heterocycles. The number of halogens is 2. The van der Waals surface area contributed by atoms with Crippen LogP contribution in [0.1, 0.15) is 10.4 Å². The lowest BCUT2D eigenvalue weighted by Gasteiger charge is -2.34. The number of carbonyl (C=O) groups is 1. The van der Waals surface area contributed by atoms with Gasteiger partial charge in [0, 0.05) is 30.7 Å². The van der Waals surface area contributed by atoms with Crippen molar-refractivity contribution in [1.82, 2.24) is 19.2 Å². The topological polar surface area (TPSA) is 86.4 Å². The van der Waals surface area contributed by atoms with E-state index in [2.05, 4.69) is 25.9 Å². The number of nitrogens with zero attached hydrogens (tertiary/aromatic N) is 3. The van der Waals surface area contributed by atoms with E-state index in [0.717, 1.165) is 6.07 Å². The van der Waals surface area contributed by atoms with Gasteiger partial charge in [-0.15, -0.1) is 0 Å². The van der Waals surface area contributed by atoms with Crippen LogP contribution in [0, 0.1) is 5.82 Å². The lowest BCUT2D eigenvalue weighted by molar-refractivity contribution is 0.0699. The van der Waals surface area contributed by atoms with Crippen molar-refractivity contribution in [2.75, 3.05) is 26.2 Å². The summed E-state index contributed by atoms with van der Waals surface area (Å²) >= 11 is 3.28. The normalized spacial score (nSPS) is 15.9. The SMILES string of the molecule is O=C(c1cc(F)cc2[nH]cnc12)N1CCN(S(=O)(=O)c2cccc(Br)c2)CC1. The highest BCUT2D eigenvalue weighted by molar-refractivity contribution is 9.10. The first-order valence-electron chi connectivity index (χ1n) is 8.54. The number of H-pyrrole nitrogens is 1. The zero-order valence-corrected chi connectivity index (χ0v) is 17.0. The monoisotopic (exact) mass is 466 g/mol. The van der Waals surface area contributed by atoms with E-state index in [1.54, 1.807) is 24.3 Å². The van der Waals surface area contributed by atoms with E-state index in [0.29, 0.717) is 15.5 Å². The van der Waals surface area contributed by atoms with E-state index in [9.17, 15) is 17.6 Å². The first-order valence-corrected chi connectivity index (χ1v) is 10.8. The molecule has 0 spiro atoms. The number of hydrogen-bond acceptors (Lipinski definition) is 4. The van der Waals surface area contributed by atoms with Gasteiger partial charge in [-0.3, -0.25) is 4.79 Å². The second-order valence-corrected chi connectivity index (χ2v) is 9.26. The zero-order valence-electron chi connectivity index (χ0n) is 14.6. The van der Waals surface area contributed by atoms with Crippen molar-refractivity contribution in [2.24, 2.45) is 0 Å². The van der Waals surface area contributed by atoms with E-state index in [4.69, 9.17) is 0 Å². The minimum absolute atomic E-state index is 0.166. The molecule has 1 saturated heterocycles. The van der Waals surface area contributed by atoms with Gasteiger partial charge in [-0.2, -0.15) is 4.31 Å². The van der Waals surface area contributed by atoms with Crippen LogP contribution in [0.15, 0.2) is 52.1 Å². The number of imidazole rings is 1. The third-order valence-corrected chi connectivity index (χ3v) is 7.07. The number of hydrogen-bond donors (Lipinski definition) is 1. The Bertz CT molecular complexity index is 1160. The molecule has 0 bridgehead atoms. The van der Waals surface area contributed by atoms with Crippen LogP contribution >= 0.6 is 15.9 Å². The van der Waals surface area contributed by atoms with Crippen molar-refractivity contribution in [1.29, 1.82) is 0 Å². The van der Waals surface area contributed by atoms with Crippen LogP contribution < -0.4 is 0 Å². The number of carbonyl (C=O) groups excluding carboxylic acids is 1. The lowest BCUT2D eigenvalue weighted by Crippen LogP contribution is -2.50. The highest BCUT2D eigenvalue weighted by atomic mass is 79.9. The van der Waals surface area contributed by atoms with Crippen LogP contribution in [0.4, 0.5) is 4.39 Å². The number of nitrogens with one attached hydrogen (secondary N) is 1. The summed E-state index contributed by atoms with van der Waals surface area (Å²) in [4.78, 5) is 21.5. The maximum Gasteiger partial charge on any atom is 0.256 e. The van der Waals surface area contributed by atoms with Crippen molar-refractivity contribution in [3.8, 4) is 0 Å². The van der Waals surface area contributed by atoms with Crippen molar-refractivity contribution in [3.05, 3.63) is 58.6 Å². The number of rotatable bonds is 3. The average Bonchev–Trinajstić information content (AvgIpc) is 3.15. The van der Waals surface area contributed by atoms with Gasteiger partial charge < -0.3 is 9.88 Å². The predicted molar refractivity (Wildman–Crippen MR) is 105 cm³/mol. The van der Waals surface area contributed by atoms with E-state index in [1.807, 2.05) is 0 Å². The van der Waals surface area contributed by atoms with Crippen LogP contribution in [0.3, 0.4) is 0 Å². The molecule has 1 aromatic heterocycles. The molecule has 2 aromatic carbocycles. The first-order chi connectivity index (χ1) is 13.4. The molecule has 7 nitrogen and oxygen atoms in total. The second kappa shape index (κ2) is 7.26. The molecule has 1 aliphatic heterocycles. The Balaban J connectivity index is 1.52. The molecule has 0 aliphatic carbocycles. The molecule has 1 amide bonds. The molecule has 0 unspecified atom stereocenters. The van der Waals surface area contributed by atoms with Crippen molar-refractivity contribution < 1.29 is 17.6 Å². The maximum atomic E-state index is 13.8. The van der Waals surface area contributed by atoms with Crippen molar-refractivity contribution in [3.63, 3.8) is 0 Å². The highest BCUT2D eigenvalue weighted by Crippen LogP contribution is 2.23. The van der Waals surface area contributed by atoms with E-state index >= 15 is 0 Å². The molecule has 28 heavy (non-hydrogen) atoms. The molecule has 1 fully saturated rings. The summed E-state index contributed by atoms with van der Waals surface area (Å²) in [6, 6.07) is 8.95. The fourth-order valence-electron chi connectivity index (χ4n) is 3.26. The average molecular weight is 467 g/mol. The number of aromatic nitrogens is 2. The number of sulfonamides is 1. The maximum absolute atomic E-state index is 13.8. The molecule has 1 aliphatic rings. The Kier molecular flexibility index (Phi) is 4.94. The summed E-state index contributed by atoms with van der Waals surface area (Å²) in [7, 11) is -3.64. The third kappa shape index (κ3) is 3.43. The van der Waals surface area contributed by atoms with E-state index < -0.39 is 15.8 Å². The number of piperazine rings is 1. The summed E-state index contributed by atoms with van der Waals surface area (Å²) < 4.78 is 41.5. The van der Waals surface area contributed by atoms with Gasteiger partial charge in [0.2, 0.25) is 10.0 Å². The van der Waals surface area contributed by atoms with Gasteiger partial charge in [0.15, 0.2) is 0 Å². The summed E-state index contributed by atoms with van der Waals surface area (Å²) in [6.07, 6.45) is 1.41. The number of benzene rings is 2. The fraction of sp³-hybridized carbons (Fsp3) is 0.222. The summed E-state index contributed by atoms with van der Waals surface area (Å²) in [5.74, 6) is -0.896. The summed E-state index contributed by atoms with van der Waals surface area (Å²) in [6.45, 7) is 0.766. The van der Waals surface area contributed by atoms with Crippen molar-refractivity contribution in [2.45, 2.75) is 4.90 Å². The Morgan fingerprint density at radius 2 is 1.89 bits per heavy atom. The smallest absolute Gasteiger partial charge is 0.256 e. The van der Waals surface area contributed by atoms with Crippen LogP contribution in [0.2, 0.25) is 0 Å². The molecule has 0 saturated carbocycles. The second-order valence-electron chi connectivity index (χ2n) is 6.41. The van der Waals surface area contributed by atoms with E-state index in [-0.39, 0.29) is 42.5 Å². The van der Waals surface area contributed by atoms with E-state index in [1.165, 1.54) is 21.6 Å². The molecular formula is C18H16BrFN4O3S. The Morgan fingerprint density at radius 1 is 1.14 bits per heavy atom. The molecule has 0 radical (unpaired) electrons. The molecule has 3 aromatic rings. The lowest BCUT2D eigenvalue weighted by atomic mass is 10.1. The number of amides is 1. The molecule has 4 rings (SSSR count). The zero-order chi connectivity index (χ0) is 19.9. The van der Waals surface area contributed by atoms with Gasteiger partial charge in [-0.05, 0) is 30.3 Å². The van der Waals surface area contributed by atoms with Gasteiger partial charge in [-0.25, -0.2) is 17.8 Å². The van der Waals surface area contributed by atoms with Gasteiger partial charge >= 0.3 is 0 Å². The minimum atomic E-state index is -3.64. The Morgan fingerprint density at radius 3 is 2.61 bits per heavy atom. The quantitative estimate of drug-likeness (QED) is 0.642. The Labute approximate surface area is 169 Å². The van der Waals surface area contributed by atoms with Crippen LogP contribution in [0.5, 0.6) is 0 Å². The Hall–Kier alpha value is -2.30. The molecule has 146 valence electrons. The molecule has 1 N–H and O–H groups in total. The molecule has 10 heteroatoms. The van der Waals surface area contributed by atoms with Crippen LogP contribution in [-0.2, 0) is 10.0 Å². The number of fused-ring (bicyclic) bond motifs is 1. The summed E-state index contributed by atoms with van der Waals surface area (Å²) in [5, 5.41) is 0.